The van der Waals surface area contributed by atoms with Crippen LogP contribution in [0.15, 0.2) is 42.5 Å². The number of benzene rings is 2. The van der Waals surface area contributed by atoms with Crippen LogP contribution in [0.25, 0.3) is 0 Å². The van der Waals surface area contributed by atoms with Gasteiger partial charge in [0.15, 0.2) is 0 Å². The first-order valence-corrected chi connectivity index (χ1v) is 11.5. The van der Waals surface area contributed by atoms with E-state index in [4.69, 9.17) is 27.9 Å². The van der Waals surface area contributed by atoms with Gasteiger partial charge in [-0.05, 0) is 35.9 Å². The predicted octanol–water partition coefficient (Wildman–Crippen LogP) is 3.87. The fourth-order valence-electron chi connectivity index (χ4n) is 4.10. The number of nitrogens with one attached hydrogen (secondary N) is 1. The van der Waals surface area contributed by atoms with Crippen LogP contribution in [-0.4, -0.2) is 74.4 Å². The standard InChI is InChI=1S/C23H27Cl2FN4O2/c24-21-5-4-17(12-22(21)25)15-28-10-11-32-20(16-28)14-27-23(31)30-8-6-29(7-9-30)19-3-1-2-18(26)13-19/h1-5,12-13,20H,6-11,14-16H2,(H,27,31). The van der Waals surface area contributed by atoms with E-state index in [-0.39, 0.29) is 18.0 Å². The third kappa shape index (κ3) is 6.04. The second-order valence-corrected chi connectivity index (χ2v) is 8.93. The summed E-state index contributed by atoms with van der Waals surface area (Å²) in [6.45, 7) is 5.93. The smallest absolute Gasteiger partial charge is 0.317 e. The number of nitrogens with zero attached hydrogens (tertiary/aromatic N) is 3. The summed E-state index contributed by atoms with van der Waals surface area (Å²) in [6.07, 6.45) is -0.0657. The van der Waals surface area contributed by atoms with E-state index < -0.39 is 0 Å². The van der Waals surface area contributed by atoms with Crippen LogP contribution >= 0.6 is 23.2 Å². The first-order valence-electron chi connectivity index (χ1n) is 10.8. The number of amides is 2. The number of urea groups is 1. The zero-order valence-corrected chi connectivity index (χ0v) is 19.3. The van der Waals surface area contributed by atoms with Crippen LogP contribution < -0.4 is 10.2 Å². The van der Waals surface area contributed by atoms with Crippen LogP contribution in [0.4, 0.5) is 14.9 Å². The topological polar surface area (TPSA) is 48.1 Å². The van der Waals surface area contributed by atoms with Gasteiger partial charge in [-0.25, -0.2) is 9.18 Å². The summed E-state index contributed by atoms with van der Waals surface area (Å²) >= 11 is 12.1. The summed E-state index contributed by atoms with van der Waals surface area (Å²) in [7, 11) is 0. The Morgan fingerprint density at radius 1 is 1.06 bits per heavy atom. The van der Waals surface area contributed by atoms with Crippen LogP contribution in [0.3, 0.4) is 0 Å². The van der Waals surface area contributed by atoms with Crippen molar-refractivity contribution in [1.82, 2.24) is 15.1 Å². The van der Waals surface area contributed by atoms with Crippen molar-refractivity contribution < 1.29 is 13.9 Å². The number of halogens is 3. The van der Waals surface area contributed by atoms with Crippen LogP contribution in [0.1, 0.15) is 5.56 Å². The highest BCUT2D eigenvalue weighted by molar-refractivity contribution is 6.42. The van der Waals surface area contributed by atoms with Gasteiger partial charge < -0.3 is 19.9 Å². The number of morpholine rings is 1. The molecule has 0 spiro atoms. The number of rotatable bonds is 5. The van der Waals surface area contributed by atoms with Crippen molar-refractivity contribution >= 4 is 34.9 Å². The van der Waals surface area contributed by atoms with Gasteiger partial charge in [-0.3, -0.25) is 4.90 Å². The molecule has 0 saturated carbocycles. The molecule has 2 aromatic rings. The second kappa shape index (κ2) is 10.7. The van der Waals surface area contributed by atoms with Crippen molar-refractivity contribution in [2.45, 2.75) is 12.6 Å². The number of carbonyl (C=O) groups is 1. The van der Waals surface area contributed by atoms with Gasteiger partial charge in [-0.2, -0.15) is 0 Å². The van der Waals surface area contributed by atoms with Crippen molar-refractivity contribution in [3.63, 3.8) is 0 Å². The zero-order chi connectivity index (χ0) is 22.5. The molecule has 4 rings (SSSR count). The van der Waals surface area contributed by atoms with Crippen LogP contribution in [-0.2, 0) is 11.3 Å². The van der Waals surface area contributed by atoms with Crippen molar-refractivity contribution in [1.29, 1.82) is 0 Å². The molecule has 2 heterocycles. The molecule has 1 unspecified atom stereocenters. The normalized spacial score (nSPS) is 19.8. The van der Waals surface area contributed by atoms with Gasteiger partial charge in [-0.15, -0.1) is 0 Å². The highest BCUT2D eigenvalue weighted by Crippen LogP contribution is 2.23. The van der Waals surface area contributed by atoms with E-state index in [1.165, 1.54) is 12.1 Å². The van der Waals surface area contributed by atoms with E-state index in [0.29, 0.717) is 49.4 Å². The molecule has 0 aromatic heterocycles. The lowest BCUT2D eigenvalue weighted by Gasteiger charge is -2.37. The van der Waals surface area contributed by atoms with Gasteiger partial charge in [0.25, 0.3) is 0 Å². The molecule has 2 amide bonds. The number of hydrogen-bond acceptors (Lipinski definition) is 4. The molecule has 0 radical (unpaired) electrons. The quantitative estimate of drug-likeness (QED) is 0.705. The van der Waals surface area contributed by atoms with Crippen molar-refractivity contribution in [3.8, 4) is 0 Å². The molecule has 2 aromatic carbocycles. The summed E-state index contributed by atoms with van der Waals surface area (Å²) in [4.78, 5) is 18.8. The molecule has 2 aliphatic heterocycles. The molecule has 2 aliphatic rings. The van der Waals surface area contributed by atoms with Crippen LogP contribution in [0, 0.1) is 5.82 Å². The van der Waals surface area contributed by atoms with E-state index in [0.717, 1.165) is 30.9 Å². The summed E-state index contributed by atoms with van der Waals surface area (Å²) < 4.78 is 19.3. The summed E-state index contributed by atoms with van der Waals surface area (Å²) in [6, 6.07) is 12.2. The molecule has 2 saturated heterocycles. The fraction of sp³-hybridized carbons (Fsp3) is 0.435. The Labute approximate surface area is 197 Å². The lowest BCUT2D eigenvalue weighted by atomic mass is 10.2. The fourth-order valence-corrected chi connectivity index (χ4v) is 4.42. The molecule has 2 fully saturated rings. The molecule has 1 atom stereocenters. The van der Waals surface area contributed by atoms with Gasteiger partial charge in [0.05, 0.1) is 22.8 Å². The molecule has 1 N–H and O–H groups in total. The van der Waals surface area contributed by atoms with Crippen molar-refractivity contribution in [2.75, 3.05) is 57.3 Å². The van der Waals surface area contributed by atoms with Gasteiger partial charge >= 0.3 is 6.03 Å². The Bertz CT molecular complexity index is 940. The summed E-state index contributed by atoms with van der Waals surface area (Å²) in [5.41, 5.74) is 1.95. The molecular weight excluding hydrogens is 454 g/mol. The SMILES string of the molecule is O=C(NCC1CN(Cc2ccc(Cl)c(Cl)c2)CCO1)N1CCN(c2cccc(F)c2)CC1. The average Bonchev–Trinajstić information content (AvgIpc) is 2.80. The van der Waals surface area contributed by atoms with Crippen LogP contribution in [0.5, 0.6) is 0 Å². The maximum atomic E-state index is 13.5. The number of piperazine rings is 1. The molecular formula is C23H27Cl2FN4O2. The minimum atomic E-state index is -0.247. The number of hydrogen-bond donors (Lipinski definition) is 1. The number of carbonyl (C=O) groups excluding carboxylic acids is 1. The van der Waals surface area contributed by atoms with E-state index >= 15 is 0 Å². The van der Waals surface area contributed by atoms with E-state index in [2.05, 4.69) is 15.1 Å². The van der Waals surface area contributed by atoms with Gasteiger partial charge in [0.2, 0.25) is 0 Å². The Hall–Kier alpha value is -2.06. The Morgan fingerprint density at radius 3 is 2.62 bits per heavy atom. The lowest BCUT2D eigenvalue weighted by Crippen LogP contribution is -2.54. The monoisotopic (exact) mass is 480 g/mol. The molecule has 6 nitrogen and oxygen atoms in total. The third-order valence-corrected chi connectivity index (χ3v) is 6.57. The highest BCUT2D eigenvalue weighted by Gasteiger charge is 2.24. The van der Waals surface area contributed by atoms with Gasteiger partial charge in [-0.1, -0.05) is 35.3 Å². The van der Waals surface area contributed by atoms with E-state index in [9.17, 15) is 9.18 Å². The number of anilines is 1. The second-order valence-electron chi connectivity index (χ2n) is 8.12. The van der Waals surface area contributed by atoms with Gasteiger partial charge in [0.1, 0.15) is 5.82 Å². The minimum absolute atomic E-state index is 0.0657. The minimum Gasteiger partial charge on any atom is -0.374 e. The molecule has 9 heteroatoms. The van der Waals surface area contributed by atoms with E-state index in [1.807, 2.05) is 24.3 Å². The Balaban J connectivity index is 1.21. The molecule has 32 heavy (non-hydrogen) atoms. The van der Waals surface area contributed by atoms with E-state index in [1.54, 1.807) is 11.0 Å². The molecule has 0 aliphatic carbocycles. The highest BCUT2D eigenvalue weighted by atomic mass is 35.5. The maximum absolute atomic E-state index is 13.5. The Morgan fingerprint density at radius 2 is 1.88 bits per heavy atom. The predicted molar refractivity (Wildman–Crippen MR) is 125 cm³/mol. The third-order valence-electron chi connectivity index (χ3n) is 5.83. The first-order chi connectivity index (χ1) is 15.5. The van der Waals surface area contributed by atoms with Crippen molar-refractivity contribution in [3.05, 3.63) is 63.9 Å². The van der Waals surface area contributed by atoms with Crippen LogP contribution in [0.2, 0.25) is 10.0 Å². The number of ether oxygens (including phenoxy) is 1. The first kappa shape index (κ1) is 23.1. The summed E-state index contributed by atoms with van der Waals surface area (Å²) in [5.74, 6) is -0.247. The molecule has 172 valence electrons. The summed E-state index contributed by atoms with van der Waals surface area (Å²) in [5, 5.41) is 4.11. The lowest BCUT2D eigenvalue weighted by molar-refractivity contribution is -0.0291. The zero-order valence-electron chi connectivity index (χ0n) is 17.8. The Kier molecular flexibility index (Phi) is 7.73. The maximum Gasteiger partial charge on any atom is 0.317 e. The average molecular weight is 481 g/mol. The van der Waals surface area contributed by atoms with Gasteiger partial charge in [0, 0.05) is 58.0 Å². The molecule has 0 bridgehead atoms. The van der Waals surface area contributed by atoms with Crippen molar-refractivity contribution in [2.24, 2.45) is 0 Å². The largest absolute Gasteiger partial charge is 0.374 e.